The molecule has 1 N–H and O–H groups in total. The Hall–Kier alpha value is -4.60. The fourth-order valence-corrected chi connectivity index (χ4v) is 9.75. The molecule has 0 radical (unpaired) electrons. The maximum Gasteiger partial charge on any atom is 0.146 e. The van der Waals surface area contributed by atoms with Gasteiger partial charge < -0.3 is 5.32 Å². The first-order chi connectivity index (χ1) is 29.6. The Bertz CT molecular complexity index is 3150. The van der Waals surface area contributed by atoms with E-state index in [9.17, 15) is 0 Å². The van der Waals surface area contributed by atoms with Gasteiger partial charge in [-0.15, -0.1) is 0 Å². The molecule has 0 spiro atoms. The van der Waals surface area contributed by atoms with Crippen molar-refractivity contribution in [1.82, 2.24) is 14.4 Å². The summed E-state index contributed by atoms with van der Waals surface area (Å²) in [6, 6.07) is 44.3. The van der Waals surface area contributed by atoms with Crippen molar-refractivity contribution in [3.8, 4) is 0 Å². The molecule has 0 fully saturated rings. The van der Waals surface area contributed by atoms with Gasteiger partial charge in [-0.3, -0.25) is 4.40 Å². The third-order valence-electron chi connectivity index (χ3n) is 11.5. The Morgan fingerprint density at radius 2 is 0.891 bits per heavy atom. The summed E-state index contributed by atoms with van der Waals surface area (Å²) in [5.41, 5.74) is 13.1. The minimum Gasteiger partial charge on any atom is -0.339 e. The number of benzene rings is 6. The SMILES string of the molecule is CC(C)(C)Cc1ccc(Nc2nc3ccc(CC(C)(C)C)cc3c3ccccc23)c(Br)c1.CC(C)(C)Cc1ccc2c(c1)c1ccccc1c1nc3ccc(CC(C)(C)C)cc3n21.[Pd]. The third kappa shape index (κ3) is 10.9. The van der Waals surface area contributed by atoms with E-state index in [0.29, 0.717) is 0 Å². The summed E-state index contributed by atoms with van der Waals surface area (Å²) in [6.07, 6.45) is 4.21. The number of halogens is 1. The molecule has 9 rings (SSSR count). The maximum atomic E-state index is 5.08. The van der Waals surface area contributed by atoms with Crippen molar-refractivity contribution in [3.63, 3.8) is 0 Å². The van der Waals surface area contributed by atoms with Crippen LogP contribution in [-0.2, 0) is 46.1 Å². The number of rotatable bonds is 6. The van der Waals surface area contributed by atoms with Crippen LogP contribution < -0.4 is 5.32 Å². The second-order valence-electron chi connectivity index (χ2n) is 22.7. The molecule has 3 heterocycles. The standard InChI is InChI=1S/C29H33BrN2.C29H32N2.Pd/c1-28(2,3)17-19-11-13-25-23(15-19)21-9-7-8-10-22(21)27(31-25)32-26-14-12-20(16-24(26)30)18-29(4,5)6;1-28(2,3)17-19-12-14-25-23(15-19)21-9-7-8-10-22(21)27-30-24-13-11-20(18-29(4,5)6)16-26(24)31(25)27;/h7-16H,17-18H2,1-6H3,(H,31,32);7-16H,17-18H2,1-6H3;. The van der Waals surface area contributed by atoms with Crippen LogP contribution in [0.15, 0.2) is 126 Å². The molecule has 3 aromatic heterocycles. The monoisotopic (exact) mass is 1000 g/mol. The van der Waals surface area contributed by atoms with Gasteiger partial charge in [0.2, 0.25) is 0 Å². The molecule has 0 bridgehead atoms. The quantitative estimate of drug-likeness (QED) is 0.133. The van der Waals surface area contributed by atoms with Gasteiger partial charge in [0.05, 0.1) is 27.8 Å². The number of nitrogens with zero attached hydrogens (tertiary/aromatic N) is 3. The molecule has 0 amide bonds. The molecular formula is C58H65BrN4Pd. The van der Waals surface area contributed by atoms with Crippen LogP contribution in [0.25, 0.3) is 60.0 Å². The maximum absolute atomic E-state index is 5.08. The summed E-state index contributed by atoms with van der Waals surface area (Å²) >= 11 is 3.77. The average molecular weight is 1000 g/mol. The zero-order valence-corrected chi connectivity index (χ0v) is 43.1. The van der Waals surface area contributed by atoms with Gasteiger partial charge in [0.1, 0.15) is 11.5 Å². The van der Waals surface area contributed by atoms with E-state index in [2.05, 4.69) is 230 Å². The average Bonchev–Trinajstić information content (AvgIpc) is 3.56. The molecule has 0 atom stereocenters. The second kappa shape index (κ2) is 18.0. The van der Waals surface area contributed by atoms with Gasteiger partial charge in [0.15, 0.2) is 0 Å². The van der Waals surface area contributed by atoms with Crippen LogP contribution in [0.3, 0.4) is 0 Å². The fourth-order valence-electron chi connectivity index (χ4n) is 9.23. The molecule has 0 aliphatic rings. The van der Waals surface area contributed by atoms with Crippen molar-refractivity contribution >= 4 is 87.5 Å². The van der Waals surface area contributed by atoms with E-state index in [1.165, 1.54) is 60.2 Å². The molecule has 9 aromatic rings. The van der Waals surface area contributed by atoms with Crippen LogP contribution in [0.5, 0.6) is 0 Å². The number of aromatic nitrogens is 3. The van der Waals surface area contributed by atoms with E-state index in [1.54, 1.807) is 0 Å². The molecule has 334 valence electrons. The number of anilines is 2. The molecule has 6 heteroatoms. The van der Waals surface area contributed by atoms with E-state index in [-0.39, 0.29) is 42.1 Å². The third-order valence-corrected chi connectivity index (χ3v) is 12.1. The van der Waals surface area contributed by atoms with Crippen LogP contribution in [0, 0.1) is 21.7 Å². The first-order valence-electron chi connectivity index (χ1n) is 22.7. The predicted octanol–water partition coefficient (Wildman–Crippen LogP) is 17.0. The zero-order chi connectivity index (χ0) is 45.1. The molecule has 0 aliphatic heterocycles. The van der Waals surface area contributed by atoms with Crippen LogP contribution in [0.2, 0.25) is 0 Å². The summed E-state index contributed by atoms with van der Waals surface area (Å²) in [4.78, 5) is 10.1. The second-order valence-corrected chi connectivity index (χ2v) is 23.6. The number of nitrogens with one attached hydrogen (secondary N) is 1. The van der Waals surface area contributed by atoms with Gasteiger partial charge in [0, 0.05) is 46.4 Å². The molecule has 6 aromatic carbocycles. The normalized spacial score (nSPS) is 12.6. The Labute approximate surface area is 403 Å². The van der Waals surface area contributed by atoms with Crippen molar-refractivity contribution in [2.45, 2.75) is 109 Å². The number of hydrogen-bond acceptors (Lipinski definition) is 3. The number of pyridine rings is 2. The summed E-state index contributed by atoms with van der Waals surface area (Å²) < 4.78 is 3.44. The van der Waals surface area contributed by atoms with Gasteiger partial charge in [-0.25, -0.2) is 9.97 Å². The van der Waals surface area contributed by atoms with Crippen LogP contribution in [-0.4, -0.2) is 14.4 Å². The number of imidazole rings is 1. The van der Waals surface area contributed by atoms with Crippen molar-refractivity contribution in [2.24, 2.45) is 21.7 Å². The van der Waals surface area contributed by atoms with Crippen molar-refractivity contribution < 1.29 is 20.4 Å². The van der Waals surface area contributed by atoms with Gasteiger partial charge in [-0.1, -0.05) is 156 Å². The minimum atomic E-state index is 0. The smallest absolute Gasteiger partial charge is 0.146 e. The predicted molar refractivity (Wildman–Crippen MR) is 277 cm³/mol. The first kappa shape index (κ1) is 47.4. The molecule has 0 unspecified atom stereocenters. The Kier molecular flexibility index (Phi) is 13.3. The van der Waals surface area contributed by atoms with Crippen molar-refractivity contribution in [3.05, 3.63) is 148 Å². The van der Waals surface area contributed by atoms with Gasteiger partial charge in [0.25, 0.3) is 0 Å². The molecular weight excluding hydrogens is 939 g/mol. The largest absolute Gasteiger partial charge is 0.339 e. The van der Waals surface area contributed by atoms with E-state index in [0.717, 1.165) is 63.7 Å². The molecule has 0 aliphatic carbocycles. The molecule has 4 nitrogen and oxygen atoms in total. The van der Waals surface area contributed by atoms with Crippen LogP contribution >= 0.6 is 15.9 Å². The van der Waals surface area contributed by atoms with Crippen molar-refractivity contribution in [2.75, 3.05) is 5.32 Å². The van der Waals surface area contributed by atoms with Gasteiger partial charge in [-0.2, -0.15) is 0 Å². The summed E-state index contributed by atoms with van der Waals surface area (Å²) in [7, 11) is 0. The van der Waals surface area contributed by atoms with Crippen LogP contribution in [0.4, 0.5) is 11.5 Å². The Balaban J connectivity index is 0.000000189. The molecule has 64 heavy (non-hydrogen) atoms. The van der Waals surface area contributed by atoms with E-state index < -0.39 is 0 Å². The van der Waals surface area contributed by atoms with Crippen molar-refractivity contribution in [1.29, 1.82) is 0 Å². The minimum absolute atomic E-state index is 0. The van der Waals surface area contributed by atoms with E-state index in [4.69, 9.17) is 9.97 Å². The van der Waals surface area contributed by atoms with E-state index in [1.807, 2.05) is 0 Å². The fraction of sp³-hybridized carbons (Fsp3) is 0.345. The molecule has 0 saturated carbocycles. The Morgan fingerprint density at radius 1 is 0.438 bits per heavy atom. The topological polar surface area (TPSA) is 42.2 Å². The van der Waals surface area contributed by atoms with Gasteiger partial charge >= 0.3 is 0 Å². The summed E-state index contributed by atoms with van der Waals surface area (Å²) in [6.45, 7) is 27.5. The Morgan fingerprint density at radius 3 is 1.45 bits per heavy atom. The first-order valence-corrected chi connectivity index (χ1v) is 23.5. The summed E-state index contributed by atoms with van der Waals surface area (Å²) in [5.74, 6) is 0.890. The van der Waals surface area contributed by atoms with Crippen LogP contribution in [0.1, 0.15) is 105 Å². The zero-order valence-electron chi connectivity index (χ0n) is 39.9. The number of fused-ring (bicyclic) bond motifs is 11. The molecule has 0 saturated heterocycles. The van der Waals surface area contributed by atoms with E-state index >= 15 is 0 Å². The van der Waals surface area contributed by atoms with Gasteiger partial charge in [-0.05, 0) is 145 Å². The number of hydrogen-bond donors (Lipinski definition) is 1. The summed E-state index contributed by atoms with van der Waals surface area (Å²) in [5, 5.41) is 11.0.